The second-order valence-corrected chi connectivity index (χ2v) is 9.20. The van der Waals surface area contributed by atoms with Gasteiger partial charge in [-0.25, -0.2) is 9.50 Å². The molecule has 7 nitrogen and oxygen atoms in total. The Morgan fingerprint density at radius 2 is 2.10 bits per heavy atom. The molecule has 5 rings (SSSR count). The molecule has 0 aromatic carbocycles. The molecular formula is C21H21ClFN5O2. The molecule has 1 atom stereocenters. The number of anilines is 1. The quantitative estimate of drug-likeness (QED) is 0.662. The number of nitrogens with zero attached hydrogens (tertiary/aromatic N) is 4. The molecule has 2 aliphatic carbocycles. The number of pyridine rings is 1. The summed E-state index contributed by atoms with van der Waals surface area (Å²) in [6.07, 6.45) is 6.75. The normalized spacial score (nSPS) is 19.7. The van der Waals surface area contributed by atoms with Crippen LogP contribution in [-0.4, -0.2) is 30.6 Å². The summed E-state index contributed by atoms with van der Waals surface area (Å²) in [4.78, 5) is 21.7. The molecule has 0 radical (unpaired) electrons. The molecule has 3 aromatic heterocycles. The topological polar surface area (TPSA) is 92.4 Å². The van der Waals surface area contributed by atoms with Crippen molar-refractivity contribution < 1.29 is 14.3 Å². The van der Waals surface area contributed by atoms with E-state index in [1.165, 1.54) is 12.3 Å². The van der Waals surface area contributed by atoms with Gasteiger partial charge in [-0.05, 0) is 39.2 Å². The number of carbonyl (C=O) groups is 1. The van der Waals surface area contributed by atoms with Gasteiger partial charge in [0.2, 0.25) is 11.9 Å². The molecule has 9 heteroatoms. The summed E-state index contributed by atoms with van der Waals surface area (Å²) in [6, 6.07) is 2.89. The van der Waals surface area contributed by atoms with Crippen LogP contribution in [0.25, 0.3) is 5.65 Å². The van der Waals surface area contributed by atoms with E-state index in [1.807, 2.05) is 0 Å². The maximum atomic E-state index is 13.8. The van der Waals surface area contributed by atoms with Crippen molar-refractivity contribution in [1.29, 1.82) is 0 Å². The van der Waals surface area contributed by atoms with Crippen LogP contribution in [0.15, 0.2) is 24.5 Å². The van der Waals surface area contributed by atoms with Crippen LogP contribution < -0.4 is 5.32 Å². The van der Waals surface area contributed by atoms with Crippen LogP contribution in [0.5, 0.6) is 0 Å². The summed E-state index contributed by atoms with van der Waals surface area (Å²) in [5.41, 5.74) is 1.58. The highest BCUT2D eigenvalue weighted by Gasteiger charge is 2.52. The molecule has 3 aromatic rings. The van der Waals surface area contributed by atoms with Gasteiger partial charge in [0.15, 0.2) is 5.65 Å². The third-order valence-electron chi connectivity index (χ3n) is 6.27. The Kier molecular flexibility index (Phi) is 4.17. The minimum atomic E-state index is -1.18. The lowest BCUT2D eigenvalue weighted by Gasteiger charge is -2.39. The van der Waals surface area contributed by atoms with E-state index in [0.717, 1.165) is 30.5 Å². The van der Waals surface area contributed by atoms with Crippen LogP contribution in [0.2, 0.25) is 5.02 Å². The van der Waals surface area contributed by atoms with Crippen LogP contribution in [0.1, 0.15) is 62.4 Å². The fraction of sp³-hybridized carbons (Fsp3) is 0.429. The molecule has 1 saturated carbocycles. The van der Waals surface area contributed by atoms with Gasteiger partial charge in [0, 0.05) is 23.2 Å². The van der Waals surface area contributed by atoms with Crippen molar-refractivity contribution in [3.8, 4) is 0 Å². The van der Waals surface area contributed by atoms with Crippen molar-refractivity contribution in [2.75, 3.05) is 5.32 Å². The molecule has 1 unspecified atom stereocenters. The highest BCUT2D eigenvalue weighted by molar-refractivity contribution is 6.31. The van der Waals surface area contributed by atoms with Crippen molar-refractivity contribution in [3.05, 3.63) is 52.4 Å². The summed E-state index contributed by atoms with van der Waals surface area (Å²) in [6.45, 7) is 3.19. The summed E-state index contributed by atoms with van der Waals surface area (Å²) in [7, 11) is 0. The number of halogens is 2. The number of fused-ring (bicyclic) bond motifs is 4. The molecule has 0 aliphatic heterocycles. The number of hydrogen-bond acceptors (Lipinski definition) is 5. The lowest BCUT2D eigenvalue weighted by molar-refractivity contribution is -0.117. The molecule has 2 N–H and O–H groups in total. The summed E-state index contributed by atoms with van der Waals surface area (Å²) in [5, 5.41) is 17.3. The van der Waals surface area contributed by atoms with Crippen molar-refractivity contribution in [2.45, 2.75) is 56.5 Å². The van der Waals surface area contributed by atoms with E-state index in [-0.39, 0.29) is 16.3 Å². The first-order chi connectivity index (χ1) is 14.2. The smallest absolute Gasteiger partial charge is 0.235 e. The van der Waals surface area contributed by atoms with Gasteiger partial charge < -0.3 is 10.4 Å². The fourth-order valence-corrected chi connectivity index (χ4v) is 5.16. The van der Waals surface area contributed by atoms with Gasteiger partial charge in [-0.15, -0.1) is 5.10 Å². The minimum absolute atomic E-state index is 0.169. The number of aromatic nitrogens is 4. The van der Waals surface area contributed by atoms with E-state index in [4.69, 9.17) is 11.6 Å². The SMILES string of the molecule is CC(C)(O)c1ncc(NC(=O)C2CC3(CCC3)c3c2cnc2cc(F)nn32)cc1Cl. The molecule has 2 aliphatic rings. The van der Waals surface area contributed by atoms with E-state index < -0.39 is 17.5 Å². The predicted octanol–water partition coefficient (Wildman–Crippen LogP) is 3.69. The number of hydrogen-bond donors (Lipinski definition) is 2. The zero-order valence-corrected chi connectivity index (χ0v) is 17.4. The van der Waals surface area contributed by atoms with E-state index in [9.17, 15) is 14.3 Å². The molecular weight excluding hydrogens is 409 g/mol. The first-order valence-electron chi connectivity index (χ1n) is 9.92. The van der Waals surface area contributed by atoms with Crippen LogP contribution in [0.4, 0.5) is 10.1 Å². The largest absolute Gasteiger partial charge is 0.384 e. The Balaban J connectivity index is 1.48. The average Bonchev–Trinajstić information content (AvgIpc) is 3.17. The van der Waals surface area contributed by atoms with Crippen LogP contribution >= 0.6 is 11.6 Å². The monoisotopic (exact) mass is 429 g/mol. The minimum Gasteiger partial charge on any atom is -0.384 e. The highest BCUT2D eigenvalue weighted by Crippen LogP contribution is 2.56. The van der Waals surface area contributed by atoms with Crippen LogP contribution in [0, 0.1) is 5.95 Å². The lowest BCUT2D eigenvalue weighted by atomic mass is 9.66. The predicted molar refractivity (Wildman–Crippen MR) is 109 cm³/mol. The van der Waals surface area contributed by atoms with Crippen molar-refractivity contribution in [2.24, 2.45) is 0 Å². The summed E-state index contributed by atoms with van der Waals surface area (Å²) < 4.78 is 15.3. The third kappa shape index (κ3) is 2.89. The molecule has 30 heavy (non-hydrogen) atoms. The molecule has 1 fully saturated rings. The number of carbonyl (C=O) groups excluding carboxylic acids is 1. The van der Waals surface area contributed by atoms with Gasteiger partial charge in [0.25, 0.3) is 0 Å². The Bertz CT molecular complexity index is 1180. The van der Waals surface area contributed by atoms with Gasteiger partial charge >= 0.3 is 0 Å². The van der Waals surface area contributed by atoms with Gasteiger partial charge in [0.1, 0.15) is 5.60 Å². The summed E-state index contributed by atoms with van der Waals surface area (Å²) in [5.74, 6) is -1.19. The zero-order chi connectivity index (χ0) is 21.3. The maximum absolute atomic E-state index is 13.8. The van der Waals surface area contributed by atoms with Gasteiger partial charge in [-0.3, -0.25) is 9.78 Å². The van der Waals surface area contributed by atoms with Crippen molar-refractivity contribution in [1.82, 2.24) is 19.6 Å². The van der Waals surface area contributed by atoms with Gasteiger partial charge in [-0.1, -0.05) is 18.0 Å². The van der Waals surface area contributed by atoms with Crippen LogP contribution in [-0.2, 0) is 15.8 Å². The zero-order valence-electron chi connectivity index (χ0n) is 16.6. The Morgan fingerprint density at radius 1 is 1.33 bits per heavy atom. The summed E-state index contributed by atoms with van der Waals surface area (Å²) >= 11 is 6.25. The number of aliphatic hydroxyl groups is 1. The molecule has 0 bridgehead atoms. The maximum Gasteiger partial charge on any atom is 0.235 e. The van der Waals surface area contributed by atoms with E-state index in [2.05, 4.69) is 20.4 Å². The Labute approximate surface area is 177 Å². The van der Waals surface area contributed by atoms with Crippen molar-refractivity contribution in [3.63, 3.8) is 0 Å². The van der Waals surface area contributed by atoms with E-state index in [1.54, 1.807) is 30.6 Å². The first kappa shape index (κ1) is 19.4. The molecule has 0 saturated heterocycles. The lowest BCUT2D eigenvalue weighted by Crippen LogP contribution is -2.34. The number of amides is 1. The Morgan fingerprint density at radius 3 is 2.73 bits per heavy atom. The molecule has 1 amide bonds. The van der Waals surface area contributed by atoms with Gasteiger partial charge in [0.05, 0.1) is 34.2 Å². The fourth-order valence-electron chi connectivity index (χ4n) is 4.77. The second kappa shape index (κ2) is 6.46. The second-order valence-electron chi connectivity index (χ2n) is 8.79. The molecule has 1 spiro atoms. The third-order valence-corrected chi connectivity index (χ3v) is 6.56. The Hall–Kier alpha value is -2.58. The van der Waals surface area contributed by atoms with Crippen molar-refractivity contribution >= 4 is 28.8 Å². The molecule has 156 valence electrons. The van der Waals surface area contributed by atoms with E-state index in [0.29, 0.717) is 23.4 Å². The van der Waals surface area contributed by atoms with Crippen LogP contribution in [0.3, 0.4) is 0 Å². The molecule has 3 heterocycles. The van der Waals surface area contributed by atoms with E-state index >= 15 is 0 Å². The van der Waals surface area contributed by atoms with Gasteiger partial charge in [-0.2, -0.15) is 4.39 Å². The standard InChI is InChI=1S/C21H21ClFN5O2/c1-20(2,30)17-14(22)6-11(9-25-17)26-19(29)12-8-21(4-3-5-21)18-13(12)10-24-16-7-15(23)27-28(16)18/h6-7,9-10,12,30H,3-5,8H2,1-2H3,(H,26,29). The average molecular weight is 430 g/mol. The first-order valence-corrected chi connectivity index (χ1v) is 10.3. The number of nitrogens with one attached hydrogen (secondary N) is 1. The number of rotatable bonds is 3. The highest BCUT2D eigenvalue weighted by atomic mass is 35.5.